The molecule has 2 heterocycles. The lowest BCUT2D eigenvalue weighted by molar-refractivity contribution is -0.150. The van der Waals surface area contributed by atoms with Gasteiger partial charge in [-0.2, -0.15) is 0 Å². The Morgan fingerprint density at radius 2 is 1.96 bits per heavy atom. The summed E-state index contributed by atoms with van der Waals surface area (Å²) in [6, 6.07) is 5.72. The van der Waals surface area contributed by atoms with E-state index < -0.39 is 0 Å². The molecular formula is C18H23FN2O3. The van der Waals surface area contributed by atoms with Gasteiger partial charge in [-0.3, -0.25) is 9.59 Å². The molecule has 130 valence electrons. The van der Waals surface area contributed by atoms with Gasteiger partial charge in [-0.1, -0.05) is 0 Å². The molecule has 6 heteroatoms. The molecule has 24 heavy (non-hydrogen) atoms. The Bertz CT molecular complexity index is 583. The van der Waals surface area contributed by atoms with Crippen molar-refractivity contribution < 1.29 is 18.7 Å². The Kier molecular flexibility index (Phi) is 5.26. The zero-order chi connectivity index (χ0) is 17.0. The van der Waals surface area contributed by atoms with Crippen molar-refractivity contribution >= 4 is 11.7 Å². The Hall–Kier alpha value is -1.79. The summed E-state index contributed by atoms with van der Waals surface area (Å²) in [5.74, 6) is -0.306. The second-order valence-electron chi connectivity index (χ2n) is 6.62. The number of amides is 1. The first-order valence-corrected chi connectivity index (χ1v) is 8.48. The Morgan fingerprint density at radius 1 is 1.25 bits per heavy atom. The van der Waals surface area contributed by atoms with Gasteiger partial charge in [0.1, 0.15) is 12.4 Å². The lowest BCUT2D eigenvalue weighted by atomic mass is 9.90. The predicted molar refractivity (Wildman–Crippen MR) is 87.3 cm³/mol. The fraction of sp³-hybridized carbons (Fsp3) is 0.556. The minimum Gasteiger partial charge on any atom is -0.363 e. The molecular weight excluding hydrogens is 311 g/mol. The van der Waals surface area contributed by atoms with Crippen LogP contribution in [0.4, 0.5) is 4.39 Å². The minimum atomic E-state index is -0.324. The fourth-order valence-corrected chi connectivity index (χ4v) is 3.33. The molecule has 1 amide bonds. The number of nitrogens with zero attached hydrogens (tertiary/aromatic N) is 1. The highest BCUT2D eigenvalue weighted by molar-refractivity contribution is 5.95. The van der Waals surface area contributed by atoms with Gasteiger partial charge in [-0.05, 0) is 50.1 Å². The maximum atomic E-state index is 12.9. The van der Waals surface area contributed by atoms with E-state index in [4.69, 9.17) is 4.74 Å². The molecule has 2 saturated heterocycles. The van der Waals surface area contributed by atoms with Gasteiger partial charge >= 0.3 is 0 Å². The number of likely N-dealkylation sites (tertiary alicyclic amines) is 1. The average molecular weight is 334 g/mol. The zero-order valence-electron chi connectivity index (χ0n) is 13.7. The van der Waals surface area contributed by atoms with Gasteiger partial charge in [0.05, 0.1) is 5.60 Å². The first kappa shape index (κ1) is 17.0. The van der Waals surface area contributed by atoms with Crippen LogP contribution in [0.25, 0.3) is 0 Å². The number of carbonyl (C=O) groups excluding carboxylic acids is 2. The summed E-state index contributed by atoms with van der Waals surface area (Å²) in [6.07, 6.45) is 3.07. The van der Waals surface area contributed by atoms with Gasteiger partial charge < -0.3 is 15.0 Å². The van der Waals surface area contributed by atoms with Crippen molar-refractivity contribution in [2.75, 3.05) is 32.8 Å². The van der Waals surface area contributed by atoms with E-state index in [-0.39, 0.29) is 29.7 Å². The summed E-state index contributed by atoms with van der Waals surface area (Å²) in [6.45, 7) is 3.46. The highest BCUT2D eigenvalue weighted by atomic mass is 19.1. The van der Waals surface area contributed by atoms with Gasteiger partial charge in [0.2, 0.25) is 5.91 Å². The quantitative estimate of drug-likeness (QED) is 0.834. The molecule has 0 saturated carbocycles. The molecule has 3 rings (SSSR count). The molecule has 2 aliphatic heterocycles. The predicted octanol–water partition coefficient (Wildman–Crippen LogP) is 1.77. The van der Waals surface area contributed by atoms with Crippen LogP contribution in [0.3, 0.4) is 0 Å². The lowest BCUT2D eigenvalue weighted by Crippen LogP contribution is -2.57. The number of hydrogen-bond donors (Lipinski definition) is 1. The summed E-state index contributed by atoms with van der Waals surface area (Å²) < 4.78 is 18.6. The molecule has 0 atom stereocenters. The molecule has 1 spiro atoms. The van der Waals surface area contributed by atoms with E-state index in [9.17, 15) is 14.0 Å². The van der Waals surface area contributed by atoms with E-state index in [2.05, 4.69) is 10.2 Å². The summed E-state index contributed by atoms with van der Waals surface area (Å²) in [7, 11) is 0. The van der Waals surface area contributed by atoms with Crippen LogP contribution in [-0.4, -0.2) is 55.0 Å². The average Bonchev–Trinajstić information content (AvgIpc) is 2.60. The number of ether oxygens (including phenoxy) is 1. The zero-order valence-corrected chi connectivity index (χ0v) is 13.7. The molecule has 0 unspecified atom stereocenters. The van der Waals surface area contributed by atoms with Crippen LogP contribution in [0.1, 0.15) is 36.0 Å². The van der Waals surface area contributed by atoms with E-state index in [1.165, 1.54) is 24.3 Å². The van der Waals surface area contributed by atoms with Crippen LogP contribution in [0.2, 0.25) is 0 Å². The third-order valence-electron chi connectivity index (χ3n) is 4.93. The van der Waals surface area contributed by atoms with Gasteiger partial charge in [-0.15, -0.1) is 0 Å². The van der Waals surface area contributed by atoms with Crippen LogP contribution >= 0.6 is 0 Å². The monoisotopic (exact) mass is 334 g/mol. The van der Waals surface area contributed by atoms with Gasteiger partial charge in [0, 0.05) is 31.6 Å². The molecule has 5 nitrogen and oxygen atoms in total. The molecule has 0 aromatic heterocycles. The van der Waals surface area contributed by atoms with E-state index in [1.54, 1.807) is 0 Å². The number of nitrogens with one attached hydrogen (secondary N) is 1. The third kappa shape index (κ3) is 4.19. The Morgan fingerprint density at radius 3 is 2.58 bits per heavy atom. The second kappa shape index (κ2) is 7.40. The fourth-order valence-electron chi connectivity index (χ4n) is 3.33. The first-order chi connectivity index (χ1) is 11.6. The standard InChI is InChI=1S/C18H23FN2O3/c19-15-5-3-14(4-6-15)16(22)2-1-9-21-10-7-18(8-11-21)13-20-17(23)12-24-18/h3-6H,1-2,7-13H2,(H,20,23). The van der Waals surface area contributed by atoms with Crippen molar-refractivity contribution in [3.05, 3.63) is 35.6 Å². The number of morpholine rings is 1. The number of piperidine rings is 1. The highest BCUT2D eigenvalue weighted by Gasteiger charge is 2.38. The SMILES string of the molecule is O=C1COC2(CCN(CCCC(=O)c3ccc(F)cc3)CC2)CN1. The third-order valence-corrected chi connectivity index (χ3v) is 4.93. The molecule has 1 aromatic carbocycles. The van der Waals surface area contributed by atoms with Crippen molar-refractivity contribution in [3.63, 3.8) is 0 Å². The highest BCUT2D eigenvalue weighted by Crippen LogP contribution is 2.27. The van der Waals surface area contributed by atoms with Crippen LogP contribution < -0.4 is 5.32 Å². The smallest absolute Gasteiger partial charge is 0.246 e. The molecule has 2 aliphatic rings. The summed E-state index contributed by atoms with van der Waals surface area (Å²) in [5, 5.41) is 2.88. The Labute approximate surface area is 141 Å². The normalized spacial score (nSPS) is 20.8. The molecule has 0 radical (unpaired) electrons. The van der Waals surface area contributed by atoms with Crippen molar-refractivity contribution in [3.8, 4) is 0 Å². The number of rotatable bonds is 5. The number of Topliss-reactive ketones (excluding diaryl/α,β-unsaturated/α-hetero) is 1. The number of carbonyl (C=O) groups is 2. The van der Waals surface area contributed by atoms with Crippen LogP contribution in [0.15, 0.2) is 24.3 Å². The number of hydrogen-bond acceptors (Lipinski definition) is 4. The van der Waals surface area contributed by atoms with Crippen molar-refractivity contribution in [2.24, 2.45) is 0 Å². The van der Waals surface area contributed by atoms with Crippen LogP contribution in [-0.2, 0) is 9.53 Å². The van der Waals surface area contributed by atoms with Gasteiger partial charge in [0.15, 0.2) is 5.78 Å². The van der Waals surface area contributed by atoms with E-state index >= 15 is 0 Å². The first-order valence-electron chi connectivity index (χ1n) is 8.48. The van der Waals surface area contributed by atoms with Crippen molar-refractivity contribution in [1.29, 1.82) is 0 Å². The van der Waals surface area contributed by atoms with Crippen molar-refractivity contribution in [1.82, 2.24) is 10.2 Å². The number of benzene rings is 1. The number of halogens is 1. The summed E-state index contributed by atoms with van der Waals surface area (Å²) in [5.41, 5.74) is 0.370. The van der Waals surface area contributed by atoms with Gasteiger partial charge in [0.25, 0.3) is 0 Å². The van der Waals surface area contributed by atoms with E-state index in [0.29, 0.717) is 18.5 Å². The maximum absolute atomic E-state index is 12.9. The molecule has 1 aromatic rings. The molecule has 0 bridgehead atoms. The molecule has 2 fully saturated rings. The largest absolute Gasteiger partial charge is 0.363 e. The molecule has 1 N–H and O–H groups in total. The van der Waals surface area contributed by atoms with Crippen molar-refractivity contribution in [2.45, 2.75) is 31.3 Å². The second-order valence-corrected chi connectivity index (χ2v) is 6.62. The summed E-state index contributed by atoms with van der Waals surface area (Å²) >= 11 is 0. The van der Waals surface area contributed by atoms with E-state index in [0.717, 1.165) is 38.9 Å². The number of ketones is 1. The van der Waals surface area contributed by atoms with Gasteiger partial charge in [-0.25, -0.2) is 4.39 Å². The maximum Gasteiger partial charge on any atom is 0.246 e. The van der Waals surface area contributed by atoms with Crippen LogP contribution in [0, 0.1) is 5.82 Å². The van der Waals surface area contributed by atoms with Crippen LogP contribution in [0.5, 0.6) is 0 Å². The Balaban J connectivity index is 1.38. The molecule has 0 aliphatic carbocycles. The lowest BCUT2D eigenvalue weighted by Gasteiger charge is -2.43. The summed E-state index contributed by atoms with van der Waals surface area (Å²) in [4.78, 5) is 25.6. The topological polar surface area (TPSA) is 58.6 Å². The minimum absolute atomic E-state index is 0.0395. The van der Waals surface area contributed by atoms with E-state index in [1.807, 2.05) is 0 Å².